The van der Waals surface area contributed by atoms with Gasteiger partial charge in [0.2, 0.25) is 5.95 Å². The topological polar surface area (TPSA) is 114 Å². The lowest BCUT2D eigenvalue weighted by atomic mass is 10.4. The van der Waals surface area contributed by atoms with Gasteiger partial charge >= 0.3 is 5.97 Å². The molecule has 0 unspecified atom stereocenters. The van der Waals surface area contributed by atoms with Crippen LogP contribution in [0.4, 0.5) is 10.2 Å². The second-order valence-electron chi connectivity index (χ2n) is 3.56. The average molecular weight is 300 g/mol. The molecule has 0 aliphatic heterocycles. The second-order valence-corrected chi connectivity index (χ2v) is 5.17. The number of sulfonamides is 1. The number of aromatic nitrogens is 3. The molecule has 106 valence electrons. The highest BCUT2D eigenvalue weighted by molar-refractivity contribution is 7.92. The number of methoxy groups -OCH3 is 1. The fraction of sp³-hybridized carbons (Fsp3) is 0.100. The molecule has 10 heteroatoms. The maximum atomic E-state index is 12.9. The van der Waals surface area contributed by atoms with Crippen LogP contribution in [-0.4, -0.2) is 36.7 Å². The fourth-order valence-electron chi connectivity index (χ4n) is 1.39. The summed E-state index contributed by atoms with van der Waals surface area (Å²) in [5.74, 6) is -1.94. The zero-order valence-corrected chi connectivity index (χ0v) is 10.9. The van der Waals surface area contributed by atoms with E-state index in [1.54, 1.807) is 0 Å². The number of pyridine rings is 1. The Hall–Kier alpha value is -2.49. The van der Waals surface area contributed by atoms with Crippen molar-refractivity contribution >= 4 is 21.8 Å². The molecule has 2 aromatic heterocycles. The van der Waals surface area contributed by atoms with E-state index in [4.69, 9.17) is 0 Å². The first-order chi connectivity index (χ1) is 9.44. The third kappa shape index (κ3) is 2.74. The number of halogens is 1. The predicted molar refractivity (Wildman–Crippen MR) is 64.9 cm³/mol. The van der Waals surface area contributed by atoms with E-state index in [9.17, 15) is 17.6 Å². The van der Waals surface area contributed by atoms with Gasteiger partial charge in [0, 0.05) is 0 Å². The van der Waals surface area contributed by atoms with E-state index in [1.165, 1.54) is 12.1 Å². The lowest BCUT2D eigenvalue weighted by molar-refractivity contribution is 0.0596. The fourth-order valence-corrected chi connectivity index (χ4v) is 2.48. The number of carbonyl (C=O) groups excluding carboxylic acids is 1. The summed E-state index contributed by atoms with van der Waals surface area (Å²) < 4.78 is 43.5. The van der Waals surface area contributed by atoms with Crippen LogP contribution in [-0.2, 0) is 14.8 Å². The van der Waals surface area contributed by atoms with Gasteiger partial charge in [-0.05, 0) is 12.1 Å². The molecule has 0 aromatic carbocycles. The summed E-state index contributed by atoms with van der Waals surface area (Å²) >= 11 is 0. The van der Waals surface area contributed by atoms with E-state index < -0.39 is 27.0 Å². The van der Waals surface area contributed by atoms with Gasteiger partial charge < -0.3 is 4.74 Å². The van der Waals surface area contributed by atoms with E-state index >= 15 is 0 Å². The van der Waals surface area contributed by atoms with E-state index in [0.29, 0.717) is 0 Å². The number of esters is 1. The molecule has 2 N–H and O–H groups in total. The van der Waals surface area contributed by atoms with Crippen molar-refractivity contribution in [1.29, 1.82) is 0 Å². The van der Waals surface area contributed by atoms with Crippen LogP contribution in [0.15, 0.2) is 29.4 Å². The molecule has 8 nitrogen and oxygen atoms in total. The average Bonchev–Trinajstić information content (AvgIpc) is 2.87. The Kier molecular flexibility index (Phi) is 3.66. The number of H-pyrrole nitrogens is 1. The Morgan fingerprint density at radius 1 is 1.45 bits per heavy atom. The van der Waals surface area contributed by atoms with Gasteiger partial charge in [-0.15, -0.1) is 0 Å². The third-order valence-electron chi connectivity index (χ3n) is 2.23. The first-order valence-corrected chi connectivity index (χ1v) is 6.69. The predicted octanol–water partition coefficient (Wildman–Crippen LogP) is 0.531. The Labute approximate surface area is 113 Å². The van der Waals surface area contributed by atoms with Crippen molar-refractivity contribution in [2.24, 2.45) is 0 Å². The van der Waals surface area contributed by atoms with Crippen LogP contribution in [0.3, 0.4) is 0 Å². The summed E-state index contributed by atoms with van der Waals surface area (Å²) in [6.45, 7) is 0. The maximum absolute atomic E-state index is 12.9. The van der Waals surface area contributed by atoms with E-state index in [1.807, 2.05) is 4.72 Å². The van der Waals surface area contributed by atoms with E-state index in [2.05, 4.69) is 19.9 Å². The second kappa shape index (κ2) is 5.25. The highest BCUT2D eigenvalue weighted by Gasteiger charge is 2.26. The van der Waals surface area contributed by atoms with Crippen LogP contribution in [0, 0.1) is 5.95 Å². The number of anilines is 1. The van der Waals surface area contributed by atoms with Crippen molar-refractivity contribution in [3.05, 3.63) is 35.9 Å². The molecule has 0 bridgehead atoms. The summed E-state index contributed by atoms with van der Waals surface area (Å²) in [7, 11) is -3.07. The van der Waals surface area contributed by atoms with Crippen molar-refractivity contribution in [3.8, 4) is 0 Å². The standard InChI is InChI=1S/C10H9FN4O4S/c1-19-10(16)6-5-12-14-9(6)20(17,18)15-8-4-2-3-7(11)13-8/h2-5H,1H3,(H,12,14)(H,13,15). The van der Waals surface area contributed by atoms with Crippen molar-refractivity contribution < 1.29 is 22.3 Å². The monoisotopic (exact) mass is 300 g/mol. The van der Waals surface area contributed by atoms with Crippen molar-refractivity contribution in [1.82, 2.24) is 15.2 Å². The lowest BCUT2D eigenvalue weighted by Gasteiger charge is -2.06. The zero-order chi connectivity index (χ0) is 14.8. The number of rotatable bonds is 4. The zero-order valence-electron chi connectivity index (χ0n) is 10.1. The van der Waals surface area contributed by atoms with Crippen molar-refractivity contribution in [3.63, 3.8) is 0 Å². The van der Waals surface area contributed by atoms with Crippen LogP contribution < -0.4 is 4.72 Å². The molecule has 0 spiro atoms. The van der Waals surface area contributed by atoms with E-state index in [-0.39, 0.29) is 11.4 Å². The van der Waals surface area contributed by atoms with Gasteiger partial charge in [0.25, 0.3) is 10.0 Å². The Morgan fingerprint density at radius 2 is 2.20 bits per heavy atom. The number of nitrogens with zero attached hydrogens (tertiary/aromatic N) is 2. The van der Waals surface area contributed by atoms with Gasteiger partial charge in [0.05, 0.1) is 13.3 Å². The lowest BCUT2D eigenvalue weighted by Crippen LogP contribution is -2.18. The van der Waals surface area contributed by atoms with Crippen LogP contribution in [0.1, 0.15) is 10.4 Å². The Balaban J connectivity index is 2.36. The summed E-state index contributed by atoms with van der Waals surface area (Å²) in [6.07, 6.45) is 1.01. The number of nitrogens with one attached hydrogen (secondary N) is 2. The SMILES string of the molecule is COC(=O)c1cn[nH]c1S(=O)(=O)Nc1cccc(F)n1. The molecule has 0 atom stereocenters. The third-order valence-corrected chi connectivity index (χ3v) is 3.56. The molecule has 0 radical (unpaired) electrons. The molecule has 2 aromatic rings. The molecule has 20 heavy (non-hydrogen) atoms. The molecule has 0 saturated heterocycles. The first kappa shape index (κ1) is 13.9. The molecular weight excluding hydrogens is 291 g/mol. The van der Waals surface area contributed by atoms with Gasteiger partial charge in [0.1, 0.15) is 11.4 Å². The van der Waals surface area contributed by atoms with Gasteiger partial charge in [0.15, 0.2) is 5.03 Å². The smallest absolute Gasteiger partial charge is 0.342 e. The van der Waals surface area contributed by atoms with Gasteiger partial charge in [-0.3, -0.25) is 9.82 Å². The van der Waals surface area contributed by atoms with Gasteiger partial charge in [-0.1, -0.05) is 6.07 Å². The minimum atomic E-state index is -4.17. The molecule has 0 fully saturated rings. The number of ether oxygens (including phenoxy) is 1. The summed E-state index contributed by atoms with van der Waals surface area (Å²) in [6, 6.07) is 3.61. The first-order valence-electron chi connectivity index (χ1n) is 5.21. The summed E-state index contributed by atoms with van der Waals surface area (Å²) in [5, 5.41) is 5.16. The number of hydrogen-bond acceptors (Lipinski definition) is 6. The quantitative estimate of drug-likeness (QED) is 0.629. The number of carbonyl (C=O) groups is 1. The molecule has 0 aliphatic carbocycles. The van der Waals surface area contributed by atoms with Crippen LogP contribution in [0.5, 0.6) is 0 Å². The minimum Gasteiger partial charge on any atom is -0.465 e. The highest BCUT2D eigenvalue weighted by atomic mass is 32.2. The molecule has 2 heterocycles. The number of hydrogen-bond donors (Lipinski definition) is 2. The van der Waals surface area contributed by atoms with Crippen LogP contribution in [0.2, 0.25) is 0 Å². The van der Waals surface area contributed by atoms with Crippen molar-refractivity contribution in [2.45, 2.75) is 5.03 Å². The van der Waals surface area contributed by atoms with Crippen LogP contribution in [0.25, 0.3) is 0 Å². The Bertz CT molecular complexity index is 743. The summed E-state index contributed by atoms with van der Waals surface area (Å²) in [5.41, 5.74) is -0.267. The molecule has 0 amide bonds. The van der Waals surface area contributed by atoms with Crippen LogP contribution >= 0.6 is 0 Å². The van der Waals surface area contributed by atoms with Gasteiger partial charge in [-0.2, -0.15) is 17.9 Å². The molecule has 0 aliphatic rings. The van der Waals surface area contributed by atoms with E-state index in [0.717, 1.165) is 19.4 Å². The Morgan fingerprint density at radius 3 is 2.85 bits per heavy atom. The van der Waals surface area contributed by atoms with Gasteiger partial charge in [-0.25, -0.2) is 9.78 Å². The van der Waals surface area contributed by atoms with Crippen molar-refractivity contribution in [2.75, 3.05) is 11.8 Å². The number of aromatic amines is 1. The maximum Gasteiger partial charge on any atom is 0.342 e. The molecular formula is C10H9FN4O4S. The molecule has 0 saturated carbocycles. The largest absolute Gasteiger partial charge is 0.465 e. The summed E-state index contributed by atoms with van der Waals surface area (Å²) in [4.78, 5) is 14.8. The molecule has 2 rings (SSSR count). The normalized spacial score (nSPS) is 11.1. The highest BCUT2D eigenvalue weighted by Crippen LogP contribution is 2.16. The minimum absolute atomic E-state index is 0.226.